The molecule has 0 saturated carbocycles. The van der Waals surface area contributed by atoms with E-state index >= 15 is 0 Å². The third-order valence-electron chi connectivity index (χ3n) is 1.88. The molecule has 0 unspecified atom stereocenters. The van der Waals surface area contributed by atoms with Crippen molar-refractivity contribution in [2.45, 2.75) is 13.8 Å². The highest BCUT2D eigenvalue weighted by molar-refractivity contribution is 5.47. The van der Waals surface area contributed by atoms with Crippen LogP contribution in [-0.4, -0.2) is 30.3 Å². The molecule has 0 spiro atoms. The molecule has 84 valence electrons. The molecule has 0 aliphatic heterocycles. The molecule has 0 aliphatic rings. The average molecular weight is 212 g/mol. The number of nitrogen functional groups attached to an aromatic ring is 1. The Balaban J connectivity index is 2.81. The lowest BCUT2D eigenvalue weighted by Gasteiger charge is -2.11. The van der Waals surface area contributed by atoms with Gasteiger partial charge in [-0.15, -0.1) is 0 Å². The first-order valence-corrected chi connectivity index (χ1v) is 4.62. The topological polar surface area (TPSA) is 82.3 Å². The van der Waals surface area contributed by atoms with E-state index in [1.165, 1.54) is 0 Å². The molecular formula is C9H16N4O2. The highest BCUT2D eigenvalue weighted by Gasteiger charge is 2.08. The van der Waals surface area contributed by atoms with Gasteiger partial charge in [0.25, 0.3) is 0 Å². The van der Waals surface area contributed by atoms with Gasteiger partial charge >= 0.3 is 0 Å². The summed E-state index contributed by atoms with van der Waals surface area (Å²) in [6.07, 6.45) is 0. The molecule has 1 heterocycles. The van der Waals surface area contributed by atoms with Crippen LogP contribution in [0, 0.1) is 13.8 Å². The normalized spacial score (nSPS) is 10.1. The van der Waals surface area contributed by atoms with Crippen molar-refractivity contribution >= 4 is 5.82 Å². The van der Waals surface area contributed by atoms with Gasteiger partial charge in [-0.3, -0.25) is 0 Å². The Kier molecular flexibility index (Phi) is 4.26. The van der Waals surface area contributed by atoms with Crippen molar-refractivity contribution in [3.05, 3.63) is 11.4 Å². The number of hydrogen-bond acceptors (Lipinski definition) is 6. The molecule has 3 N–H and O–H groups in total. The van der Waals surface area contributed by atoms with Crippen molar-refractivity contribution in [1.29, 1.82) is 0 Å². The lowest BCUT2D eigenvalue weighted by Crippen LogP contribution is -2.14. The van der Waals surface area contributed by atoms with Crippen LogP contribution in [-0.2, 0) is 4.74 Å². The number of methoxy groups -OCH3 is 1. The third-order valence-corrected chi connectivity index (χ3v) is 1.88. The van der Waals surface area contributed by atoms with E-state index in [-0.39, 0.29) is 0 Å². The molecule has 1 aromatic rings. The molecule has 0 aromatic carbocycles. The zero-order chi connectivity index (χ0) is 11.3. The molecule has 0 saturated heterocycles. The average Bonchev–Trinajstić information content (AvgIpc) is 2.23. The smallest absolute Gasteiger partial charge is 0.221 e. The van der Waals surface area contributed by atoms with Crippen molar-refractivity contribution in [3.8, 4) is 5.88 Å². The first-order chi connectivity index (χ1) is 7.19. The van der Waals surface area contributed by atoms with E-state index in [1.54, 1.807) is 14.0 Å². The van der Waals surface area contributed by atoms with Crippen molar-refractivity contribution in [3.63, 3.8) is 0 Å². The number of rotatable bonds is 5. The van der Waals surface area contributed by atoms with E-state index in [9.17, 15) is 0 Å². The molecule has 6 nitrogen and oxygen atoms in total. The molecule has 0 amide bonds. The lowest BCUT2D eigenvalue weighted by molar-refractivity contribution is 0.143. The fourth-order valence-corrected chi connectivity index (χ4v) is 1.11. The zero-order valence-corrected chi connectivity index (χ0v) is 9.20. The van der Waals surface area contributed by atoms with Gasteiger partial charge in [-0.1, -0.05) is 0 Å². The molecule has 6 heteroatoms. The number of ether oxygens (including phenoxy) is 2. The molecule has 0 radical (unpaired) electrons. The van der Waals surface area contributed by atoms with Crippen molar-refractivity contribution in [1.82, 2.24) is 9.97 Å². The third kappa shape index (κ3) is 3.03. The fraction of sp³-hybridized carbons (Fsp3) is 0.556. The summed E-state index contributed by atoms with van der Waals surface area (Å²) in [5.74, 6) is 7.05. The number of hydrogen-bond donors (Lipinski definition) is 2. The number of nitrogens with two attached hydrogens (primary N) is 1. The second-order valence-corrected chi connectivity index (χ2v) is 3.04. The van der Waals surface area contributed by atoms with Gasteiger partial charge in [0, 0.05) is 7.11 Å². The molecule has 15 heavy (non-hydrogen) atoms. The standard InChI is InChI=1S/C9H16N4O2/c1-6-8(13-10)11-7(2)12-9(6)15-5-4-14-3/h4-5,10H2,1-3H3,(H,11,12,13). The van der Waals surface area contributed by atoms with E-state index in [1.807, 2.05) is 6.92 Å². The first-order valence-electron chi connectivity index (χ1n) is 4.62. The Morgan fingerprint density at radius 3 is 2.60 bits per heavy atom. The van der Waals surface area contributed by atoms with Gasteiger partial charge in [-0.25, -0.2) is 10.8 Å². The molecule has 1 aromatic heterocycles. The minimum Gasteiger partial charge on any atom is -0.475 e. The summed E-state index contributed by atoms with van der Waals surface area (Å²) in [4.78, 5) is 8.29. The Morgan fingerprint density at radius 2 is 2.00 bits per heavy atom. The molecule has 0 fully saturated rings. The van der Waals surface area contributed by atoms with Gasteiger partial charge < -0.3 is 14.9 Å². The molecule has 1 rings (SSSR count). The minimum absolute atomic E-state index is 0.456. The van der Waals surface area contributed by atoms with Crippen LogP contribution in [0.3, 0.4) is 0 Å². The zero-order valence-electron chi connectivity index (χ0n) is 9.20. The van der Waals surface area contributed by atoms with Gasteiger partial charge in [-0.2, -0.15) is 4.98 Å². The summed E-state index contributed by atoms with van der Waals surface area (Å²) in [6, 6.07) is 0. The SMILES string of the molecule is COCCOc1nc(C)nc(NN)c1C. The van der Waals surface area contributed by atoms with E-state index < -0.39 is 0 Å². The van der Waals surface area contributed by atoms with Gasteiger partial charge in [0.15, 0.2) is 0 Å². The summed E-state index contributed by atoms with van der Waals surface area (Å²) in [5.41, 5.74) is 3.30. The van der Waals surface area contributed by atoms with Crippen LogP contribution >= 0.6 is 0 Å². The van der Waals surface area contributed by atoms with Gasteiger partial charge in [0.2, 0.25) is 5.88 Å². The van der Waals surface area contributed by atoms with Gasteiger partial charge in [-0.05, 0) is 13.8 Å². The molecular weight excluding hydrogens is 196 g/mol. The van der Waals surface area contributed by atoms with Gasteiger partial charge in [0.1, 0.15) is 18.2 Å². The predicted octanol–water partition coefficient (Wildman–Crippen LogP) is 0.404. The Bertz CT molecular complexity index is 330. The highest BCUT2D eigenvalue weighted by atomic mass is 16.5. The summed E-state index contributed by atoms with van der Waals surface area (Å²) in [7, 11) is 1.62. The minimum atomic E-state index is 0.456. The maximum Gasteiger partial charge on any atom is 0.221 e. The van der Waals surface area contributed by atoms with Crippen molar-refractivity contribution < 1.29 is 9.47 Å². The van der Waals surface area contributed by atoms with E-state index in [4.69, 9.17) is 15.3 Å². The van der Waals surface area contributed by atoms with E-state index in [0.717, 1.165) is 5.56 Å². The first kappa shape index (κ1) is 11.7. The van der Waals surface area contributed by atoms with Crippen molar-refractivity contribution in [2.75, 3.05) is 25.7 Å². The number of hydrazine groups is 1. The summed E-state index contributed by atoms with van der Waals surface area (Å²) >= 11 is 0. The van der Waals surface area contributed by atoms with Crippen molar-refractivity contribution in [2.24, 2.45) is 5.84 Å². The number of aryl methyl sites for hydroxylation is 1. The number of nitrogens with zero attached hydrogens (tertiary/aromatic N) is 2. The van der Waals surface area contributed by atoms with Crippen LogP contribution in [0.2, 0.25) is 0 Å². The largest absolute Gasteiger partial charge is 0.475 e. The summed E-state index contributed by atoms with van der Waals surface area (Å²) in [5, 5.41) is 0. The van der Waals surface area contributed by atoms with E-state index in [2.05, 4.69) is 15.4 Å². The maximum absolute atomic E-state index is 5.43. The number of nitrogens with one attached hydrogen (secondary N) is 1. The van der Waals surface area contributed by atoms with Crippen LogP contribution in [0.25, 0.3) is 0 Å². The fourth-order valence-electron chi connectivity index (χ4n) is 1.11. The van der Waals surface area contributed by atoms with Gasteiger partial charge in [0.05, 0.1) is 12.2 Å². The van der Waals surface area contributed by atoms with Crippen LogP contribution in [0.4, 0.5) is 5.82 Å². The van der Waals surface area contributed by atoms with Crippen LogP contribution in [0.15, 0.2) is 0 Å². The van der Waals surface area contributed by atoms with E-state index in [0.29, 0.717) is 30.7 Å². The second-order valence-electron chi connectivity index (χ2n) is 3.04. The summed E-state index contributed by atoms with van der Waals surface area (Å²) in [6.45, 7) is 4.60. The number of anilines is 1. The molecule has 0 atom stereocenters. The Morgan fingerprint density at radius 1 is 1.27 bits per heavy atom. The highest BCUT2D eigenvalue weighted by Crippen LogP contribution is 2.20. The second kappa shape index (κ2) is 5.47. The Labute approximate surface area is 88.8 Å². The number of aromatic nitrogens is 2. The lowest BCUT2D eigenvalue weighted by atomic mass is 10.3. The monoisotopic (exact) mass is 212 g/mol. The quantitative estimate of drug-likeness (QED) is 0.418. The van der Waals surface area contributed by atoms with Crippen LogP contribution in [0.5, 0.6) is 5.88 Å². The Hall–Kier alpha value is -1.40. The predicted molar refractivity (Wildman–Crippen MR) is 56.7 cm³/mol. The molecule has 0 aliphatic carbocycles. The van der Waals surface area contributed by atoms with Crippen LogP contribution in [0.1, 0.15) is 11.4 Å². The maximum atomic E-state index is 5.43. The van der Waals surface area contributed by atoms with Crippen LogP contribution < -0.4 is 16.0 Å². The molecule has 0 bridgehead atoms. The summed E-state index contributed by atoms with van der Waals surface area (Å²) < 4.78 is 10.3.